The van der Waals surface area contributed by atoms with E-state index < -0.39 is 28.4 Å². The minimum atomic E-state index is -4.68. The lowest BCUT2D eigenvalue weighted by Crippen LogP contribution is -2.12. The molecule has 1 aromatic heterocycles. The third-order valence-electron chi connectivity index (χ3n) is 5.62. The number of fused-ring (bicyclic) bond motifs is 1. The summed E-state index contributed by atoms with van der Waals surface area (Å²) in [6.07, 6.45) is -1.49. The van der Waals surface area contributed by atoms with Gasteiger partial charge in [0.2, 0.25) is 0 Å². The van der Waals surface area contributed by atoms with Crippen molar-refractivity contribution in [1.82, 2.24) is 4.98 Å². The van der Waals surface area contributed by atoms with Crippen molar-refractivity contribution in [3.8, 4) is 0 Å². The maximum atomic E-state index is 13.3. The molecular formula is C24H22F3N3O2S. The summed E-state index contributed by atoms with van der Waals surface area (Å²) in [6, 6.07) is 9.97. The van der Waals surface area contributed by atoms with E-state index in [1.807, 2.05) is 43.0 Å². The molecule has 1 atom stereocenters. The molecule has 0 saturated heterocycles. The van der Waals surface area contributed by atoms with Gasteiger partial charge in [-0.2, -0.15) is 24.9 Å². The number of benzene rings is 2. The standard InChI is InChI=1S/C24H22F3N3O2S/c1-14-9-23(21-12-17(3-4-22(21)28-14)16-5-7-33-8-6-16)29-15(2)18-10-19(24(25,26)27)13-20(11-18)30(31)32/h3-5,9-13,15H,6-8H2,1-2H3,(H,28,29). The van der Waals surface area contributed by atoms with Crippen LogP contribution in [0.25, 0.3) is 16.5 Å². The average molecular weight is 474 g/mol. The Kier molecular flexibility index (Phi) is 6.34. The van der Waals surface area contributed by atoms with E-state index in [1.54, 1.807) is 6.92 Å². The molecule has 0 radical (unpaired) electrons. The first-order valence-corrected chi connectivity index (χ1v) is 11.6. The fourth-order valence-electron chi connectivity index (χ4n) is 3.94. The van der Waals surface area contributed by atoms with Crippen molar-refractivity contribution in [2.45, 2.75) is 32.5 Å². The normalized spacial score (nSPS) is 15.2. The topological polar surface area (TPSA) is 68.1 Å². The number of nitrogens with zero attached hydrogens (tertiary/aromatic N) is 2. The van der Waals surface area contributed by atoms with Gasteiger partial charge in [-0.1, -0.05) is 12.1 Å². The van der Waals surface area contributed by atoms with Gasteiger partial charge in [0.1, 0.15) is 0 Å². The van der Waals surface area contributed by atoms with Crippen LogP contribution in [-0.2, 0) is 6.18 Å². The van der Waals surface area contributed by atoms with Crippen LogP contribution in [0.1, 0.15) is 41.8 Å². The molecule has 0 fully saturated rings. The molecule has 1 aliphatic rings. The molecule has 9 heteroatoms. The Bertz CT molecular complexity index is 1260. The highest BCUT2D eigenvalue weighted by Crippen LogP contribution is 2.36. The Morgan fingerprint density at radius 3 is 2.64 bits per heavy atom. The molecule has 0 spiro atoms. The number of rotatable bonds is 5. The van der Waals surface area contributed by atoms with E-state index in [9.17, 15) is 23.3 Å². The molecule has 0 amide bonds. The second-order valence-electron chi connectivity index (χ2n) is 8.03. The molecule has 172 valence electrons. The molecular weight excluding hydrogens is 451 g/mol. The third kappa shape index (κ3) is 5.13. The van der Waals surface area contributed by atoms with E-state index in [0.29, 0.717) is 6.07 Å². The maximum absolute atomic E-state index is 13.3. The van der Waals surface area contributed by atoms with Crippen LogP contribution < -0.4 is 5.32 Å². The first kappa shape index (κ1) is 23.1. The predicted octanol–water partition coefficient (Wildman–Crippen LogP) is 7.16. The summed E-state index contributed by atoms with van der Waals surface area (Å²) in [5.74, 6) is 2.03. The Morgan fingerprint density at radius 1 is 1.18 bits per heavy atom. The zero-order chi connectivity index (χ0) is 23.8. The van der Waals surface area contributed by atoms with Crippen LogP contribution in [0.4, 0.5) is 24.5 Å². The molecule has 0 bridgehead atoms. The number of halogens is 3. The molecule has 0 aliphatic carbocycles. The number of aryl methyl sites for hydroxylation is 1. The van der Waals surface area contributed by atoms with Crippen molar-refractivity contribution < 1.29 is 18.1 Å². The van der Waals surface area contributed by atoms with Crippen LogP contribution in [0, 0.1) is 17.0 Å². The number of nitro groups is 1. The molecule has 1 unspecified atom stereocenters. The molecule has 2 aromatic carbocycles. The van der Waals surface area contributed by atoms with Crippen LogP contribution in [0.5, 0.6) is 0 Å². The number of nitrogens with one attached hydrogen (secondary N) is 1. The maximum Gasteiger partial charge on any atom is 0.416 e. The van der Waals surface area contributed by atoms with Crippen LogP contribution >= 0.6 is 11.8 Å². The van der Waals surface area contributed by atoms with Crippen LogP contribution in [0.2, 0.25) is 0 Å². The lowest BCUT2D eigenvalue weighted by atomic mass is 9.99. The highest BCUT2D eigenvalue weighted by molar-refractivity contribution is 7.99. The molecule has 4 rings (SSSR count). The Balaban J connectivity index is 1.74. The fourth-order valence-corrected chi connectivity index (χ4v) is 4.79. The van der Waals surface area contributed by atoms with Gasteiger partial charge in [-0.05, 0) is 67.0 Å². The first-order valence-electron chi connectivity index (χ1n) is 10.4. The van der Waals surface area contributed by atoms with Gasteiger partial charge in [-0.25, -0.2) is 0 Å². The predicted molar refractivity (Wildman–Crippen MR) is 127 cm³/mol. The van der Waals surface area contributed by atoms with E-state index in [-0.39, 0.29) is 5.56 Å². The SMILES string of the molecule is Cc1cc(NC(C)c2cc([N+](=O)[O-])cc(C(F)(F)F)c2)c2cc(C3=CCSCC3)ccc2n1. The van der Waals surface area contributed by atoms with Gasteiger partial charge in [0, 0.05) is 40.7 Å². The monoisotopic (exact) mass is 473 g/mol. The van der Waals surface area contributed by atoms with E-state index in [1.165, 1.54) is 11.6 Å². The number of alkyl halides is 3. The summed E-state index contributed by atoms with van der Waals surface area (Å²) in [4.78, 5) is 15.0. The summed E-state index contributed by atoms with van der Waals surface area (Å²) in [7, 11) is 0. The average Bonchev–Trinajstić information content (AvgIpc) is 2.78. The zero-order valence-corrected chi connectivity index (χ0v) is 18.9. The number of thioether (sulfide) groups is 1. The van der Waals surface area contributed by atoms with Crippen molar-refractivity contribution in [2.75, 3.05) is 16.8 Å². The smallest absolute Gasteiger partial charge is 0.378 e. The largest absolute Gasteiger partial charge is 0.416 e. The molecule has 2 heterocycles. The van der Waals surface area contributed by atoms with Crippen LogP contribution in [0.15, 0.2) is 48.5 Å². The molecule has 3 aromatic rings. The molecule has 1 aliphatic heterocycles. The van der Waals surface area contributed by atoms with E-state index in [0.717, 1.165) is 51.8 Å². The minimum Gasteiger partial charge on any atom is -0.378 e. The van der Waals surface area contributed by atoms with Crippen molar-refractivity contribution in [3.63, 3.8) is 0 Å². The van der Waals surface area contributed by atoms with Gasteiger partial charge in [0.15, 0.2) is 0 Å². The van der Waals surface area contributed by atoms with E-state index in [2.05, 4.69) is 16.4 Å². The van der Waals surface area contributed by atoms with Crippen molar-refractivity contribution in [3.05, 3.63) is 81.0 Å². The quantitative estimate of drug-likeness (QED) is 0.314. The van der Waals surface area contributed by atoms with Gasteiger partial charge >= 0.3 is 6.18 Å². The number of aromatic nitrogens is 1. The van der Waals surface area contributed by atoms with Gasteiger partial charge in [-0.3, -0.25) is 15.1 Å². The fraction of sp³-hybridized carbons (Fsp3) is 0.292. The summed E-state index contributed by atoms with van der Waals surface area (Å²) in [5, 5.41) is 15.3. The summed E-state index contributed by atoms with van der Waals surface area (Å²) >= 11 is 1.88. The van der Waals surface area contributed by atoms with E-state index >= 15 is 0 Å². The molecule has 33 heavy (non-hydrogen) atoms. The Morgan fingerprint density at radius 2 is 1.97 bits per heavy atom. The number of allylic oxidation sites excluding steroid dienone is 1. The lowest BCUT2D eigenvalue weighted by molar-refractivity contribution is -0.385. The van der Waals surface area contributed by atoms with Gasteiger partial charge in [0.05, 0.1) is 16.0 Å². The number of non-ortho nitro benzene ring substituents is 1. The zero-order valence-electron chi connectivity index (χ0n) is 18.1. The van der Waals surface area contributed by atoms with E-state index in [4.69, 9.17) is 0 Å². The highest BCUT2D eigenvalue weighted by Gasteiger charge is 2.33. The summed E-state index contributed by atoms with van der Waals surface area (Å²) in [5.41, 5.74) is 3.17. The van der Waals surface area contributed by atoms with Crippen LogP contribution in [-0.4, -0.2) is 21.4 Å². The molecule has 5 nitrogen and oxygen atoms in total. The number of anilines is 1. The van der Waals surface area contributed by atoms with Gasteiger partial charge in [-0.15, -0.1) is 0 Å². The highest BCUT2D eigenvalue weighted by atomic mass is 32.2. The summed E-state index contributed by atoms with van der Waals surface area (Å²) in [6.45, 7) is 3.53. The Hall–Kier alpha value is -3.07. The minimum absolute atomic E-state index is 0.183. The third-order valence-corrected chi connectivity index (χ3v) is 6.52. The second-order valence-corrected chi connectivity index (χ2v) is 9.18. The Labute approximate surface area is 193 Å². The molecule has 1 N–H and O–H groups in total. The number of hydrogen-bond donors (Lipinski definition) is 1. The lowest BCUT2D eigenvalue weighted by Gasteiger charge is -2.20. The first-order chi connectivity index (χ1) is 15.6. The number of hydrogen-bond acceptors (Lipinski definition) is 5. The second kappa shape index (κ2) is 9.05. The van der Waals surface area contributed by atoms with Gasteiger partial charge < -0.3 is 5.32 Å². The molecule has 0 saturated carbocycles. The van der Waals surface area contributed by atoms with Crippen LogP contribution in [0.3, 0.4) is 0 Å². The van der Waals surface area contributed by atoms with Gasteiger partial charge in [0.25, 0.3) is 5.69 Å². The number of pyridine rings is 1. The summed E-state index contributed by atoms with van der Waals surface area (Å²) < 4.78 is 40.0. The number of nitro benzene ring substituents is 1. The van der Waals surface area contributed by atoms with Crippen molar-refractivity contribution >= 4 is 39.6 Å². The van der Waals surface area contributed by atoms with Crippen molar-refractivity contribution in [2.24, 2.45) is 0 Å². The van der Waals surface area contributed by atoms with Crippen molar-refractivity contribution in [1.29, 1.82) is 0 Å².